The van der Waals surface area contributed by atoms with Gasteiger partial charge in [-0.2, -0.15) is 8.42 Å². The number of benzene rings is 4. The lowest BCUT2D eigenvalue weighted by Gasteiger charge is -2.23. The second-order valence-corrected chi connectivity index (χ2v) is 12.9. The van der Waals surface area contributed by atoms with E-state index in [-0.39, 0.29) is 4.90 Å². The van der Waals surface area contributed by atoms with E-state index in [1.165, 1.54) is 33.4 Å². The molecule has 1 N–H and O–H groups in total. The van der Waals surface area contributed by atoms with Crippen molar-refractivity contribution >= 4 is 65.7 Å². The zero-order valence-electron chi connectivity index (χ0n) is 24.1. The Kier molecular flexibility index (Phi) is 6.21. The Balaban J connectivity index is 1.36. The van der Waals surface area contributed by atoms with E-state index in [1.807, 2.05) is 37.3 Å². The van der Waals surface area contributed by atoms with Gasteiger partial charge < -0.3 is 9.47 Å². The number of allylic oxidation sites excluding steroid dienone is 4. The fraction of sp³-hybridized carbons (Fsp3) is 0.206. The molecule has 0 unspecified atom stereocenters. The van der Waals surface area contributed by atoms with Gasteiger partial charge in [0.2, 0.25) is 0 Å². The molecule has 0 fully saturated rings. The van der Waals surface area contributed by atoms with E-state index in [4.69, 9.17) is 4.99 Å². The van der Waals surface area contributed by atoms with Crippen molar-refractivity contribution in [1.82, 2.24) is 4.57 Å². The maximum atomic E-state index is 11.9. The van der Waals surface area contributed by atoms with Crippen molar-refractivity contribution in [3.8, 4) is 0 Å². The third-order valence-electron chi connectivity index (χ3n) is 8.28. The van der Waals surface area contributed by atoms with Crippen molar-refractivity contribution in [2.24, 2.45) is 12.0 Å². The van der Waals surface area contributed by atoms with Crippen LogP contribution in [0.2, 0.25) is 0 Å². The van der Waals surface area contributed by atoms with E-state index in [9.17, 15) is 13.0 Å². The molecule has 0 bridgehead atoms. The molecule has 0 saturated carbocycles. The molecule has 0 radical (unpaired) electrons. The highest BCUT2D eigenvalue weighted by molar-refractivity contribution is 7.85. The Morgan fingerprint density at radius 1 is 0.951 bits per heavy atom. The van der Waals surface area contributed by atoms with Gasteiger partial charge in [0, 0.05) is 42.7 Å². The molecule has 1 aliphatic rings. The standard InChI is InChI=1S/C34H33N3O3S/c1-21-19-23(41(38,39)40)20-26-24(21)16-17-27-32(26)34(2,3)30(35-27)14-9-7-8-13-28-25-12-10-11-22-15-18-29(36(4)5)33(31(22)25)37(28)6/h7-20H,1-6H3,(H,38,39,40). The minimum Gasteiger partial charge on any atom is -0.376 e. The third-order valence-corrected chi connectivity index (χ3v) is 9.11. The molecular weight excluding hydrogens is 530 g/mol. The zero-order valence-corrected chi connectivity index (χ0v) is 24.9. The van der Waals surface area contributed by atoms with Crippen molar-refractivity contribution in [1.29, 1.82) is 0 Å². The van der Waals surface area contributed by atoms with Gasteiger partial charge in [-0.25, -0.2) is 0 Å². The van der Waals surface area contributed by atoms with E-state index < -0.39 is 15.5 Å². The summed E-state index contributed by atoms with van der Waals surface area (Å²) >= 11 is 0. The number of nitrogens with zero attached hydrogens (tertiary/aromatic N) is 3. The number of hydrogen-bond donors (Lipinski definition) is 1. The number of anilines is 1. The monoisotopic (exact) mass is 563 g/mol. The average Bonchev–Trinajstić information content (AvgIpc) is 3.34. The molecule has 6 rings (SSSR count). The van der Waals surface area contributed by atoms with Gasteiger partial charge in [0.05, 0.1) is 27.5 Å². The molecule has 7 heteroatoms. The molecule has 4 aromatic carbocycles. The van der Waals surface area contributed by atoms with E-state index in [2.05, 4.69) is 86.9 Å². The molecular formula is C34H33N3O3S. The largest absolute Gasteiger partial charge is 0.376 e. The highest BCUT2D eigenvalue weighted by Crippen LogP contribution is 2.45. The summed E-state index contributed by atoms with van der Waals surface area (Å²) in [5.41, 5.74) is 5.41. The van der Waals surface area contributed by atoms with Crippen LogP contribution >= 0.6 is 0 Å². The minimum atomic E-state index is -4.32. The Hall–Kier alpha value is -4.20. The molecule has 0 spiro atoms. The lowest BCUT2D eigenvalue weighted by Crippen LogP contribution is -2.24. The zero-order chi connectivity index (χ0) is 29.3. The molecule has 5 aromatic rings. The van der Waals surface area contributed by atoms with Gasteiger partial charge >= 0.3 is 0 Å². The van der Waals surface area contributed by atoms with Gasteiger partial charge in [0.25, 0.3) is 10.1 Å². The SMILES string of the molecule is Cc1cc(S(=O)(=O)O)cc2c3c(ccc12)N=C(C=CC=CC=c1c2cccc4ccc(N(C)C)c(c42)n1C)C3(C)C. The summed E-state index contributed by atoms with van der Waals surface area (Å²) in [5, 5.41) is 6.62. The van der Waals surface area contributed by atoms with Crippen LogP contribution in [0.25, 0.3) is 38.5 Å². The fourth-order valence-electron chi connectivity index (χ4n) is 6.24. The molecule has 208 valence electrons. The maximum absolute atomic E-state index is 11.9. The van der Waals surface area contributed by atoms with Crippen LogP contribution in [-0.4, -0.2) is 37.3 Å². The van der Waals surface area contributed by atoms with E-state index in [0.717, 1.165) is 38.6 Å². The first kappa shape index (κ1) is 27.0. The number of aromatic nitrogens is 1. The van der Waals surface area contributed by atoms with Gasteiger partial charge in [0.1, 0.15) is 0 Å². The third kappa shape index (κ3) is 4.28. The first-order chi connectivity index (χ1) is 19.4. The topological polar surface area (TPSA) is 74.9 Å². The van der Waals surface area contributed by atoms with Crippen LogP contribution in [-0.2, 0) is 22.6 Å². The Labute approximate surface area is 240 Å². The van der Waals surface area contributed by atoms with Crippen molar-refractivity contribution in [2.45, 2.75) is 31.1 Å². The maximum Gasteiger partial charge on any atom is 0.294 e. The molecule has 0 aliphatic carbocycles. The number of rotatable bonds is 5. The lowest BCUT2D eigenvalue weighted by molar-refractivity contribution is 0.483. The molecule has 0 amide bonds. The lowest BCUT2D eigenvalue weighted by atomic mass is 9.78. The quantitative estimate of drug-likeness (QED) is 0.189. The molecule has 2 heterocycles. The van der Waals surface area contributed by atoms with Crippen LogP contribution < -0.4 is 10.2 Å². The summed E-state index contributed by atoms with van der Waals surface area (Å²) < 4.78 is 35.8. The van der Waals surface area contributed by atoms with Gasteiger partial charge in [-0.15, -0.1) is 0 Å². The molecule has 41 heavy (non-hydrogen) atoms. The predicted octanol–water partition coefficient (Wildman–Crippen LogP) is 6.78. The Morgan fingerprint density at radius 3 is 2.46 bits per heavy atom. The van der Waals surface area contributed by atoms with Crippen LogP contribution in [0.3, 0.4) is 0 Å². The molecule has 1 aromatic heterocycles. The number of fused-ring (bicyclic) bond motifs is 3. The van der Waals surface area contributed by atoms with Crippen LogP contribution in [0, 0.1) is 6.92 Å². The summed E-state index contributed by atoms with van der Waals surface area (Å²) in [6.07, 6.45) is 10.2. The summed E-state index contributed by atoms with van der Waals surface area (Å²) in [5.74, 6) is 0. The molecule has 0 saturated heterocycles. The summed E-state index contributed by atoms with van der Waals surface area (Å²) in [7, 11) is 1.94. The highest BCUT2D eigenvalue weighted by Gasteiger charge is 2.35. The fourth-order valence-corrected chi connectivity index (χ4v) is 6.83. The van der Waals surface area contributed by atoms with Gasteiger partial charge in [-0.3, -0.25) is 9.55 Å². The van der Waals surface area contributed by atoms with Crippen molar-refractivity contribution in [3.05, 3.63) is 95.4 Å². The molecule has 6 nitrogen and oxygen atoms in total. The second kappa shape index (κ2) is 9.43. The number of aliphatic imine (C=N–C) groups is 1. The molecule has 1 aliphatic heterocycles. The van der Waals surface area contributed by atoms with Crippen LogP contribution in [0.15, 0.2) is 88.8 Å². The van der Waals surface area contributed by atoms with E-state index in [0.29, 0.717) is 0 Å². The minimum absolute atomic E-state index is 0.0981. The van der Waals surface area contributed by atoms with Gasteiger partial charge in [0.15, 0.2) is 0 Å². The number of aryl methyl sites for hydroxylation is 2. The van der Waals surface area contributed by atoms with Gasteiger partial charge in [-0.1, -0.05) is 62.4 Å². The smallest absolute Gasteiger partial charge is 0.294 e. The predicted molar refractivity (Wildman–Crippen MR) is 171 cm³/mol. The summed E-state index contributed by atoms with van der Waals surface area (Å²) in [4.78, 5) is 6.95. The van der Waals surface area contributed by atoms with Crippen LogP contribution in [0.5, 0.6) is 0 Å². The van der Waals surface area contributed by atoms with Gasteiger partial charge in [-0.05, 0) is 70.6 Å². The summed E-state index contributed by atoms with van der Waals surface area (Å²) in [6.45, 7) is 6.04. The normalized spacial score (nSPS) is 15.7. The first-order valence-corrected chi connectivity index (χ1v) is 15.0. The Bertz CT molecular complexity index is 2150. The second-order valence-electron chi connectivity index (χ2n) is 11.5. The van der Waals surface area contributed by atoms with Crippen molar-refractivity contribution < 1.29 is 13.0 Å². The van der Waals surface area contributed by atoms with E-state index >= 15 is 0 Å². The summed E-state index contributed by atoms with van der Waals surface area (Å²) in [6, 6.07) is 17.8. The molecule has 0 atom stereocenters. The van der Waals surface area contributed by atoms with Crippen molar-refractivity contribution in [3.63, 3.8) is 0 Å². The highest BCUT2D eigenvalue weighted by atomic mass is 32.2. The first-order valence-electron chi connectivity index (χ1n) is 13.6. The Morgan fingerprint density at radius 2 is 1.73 bits per heavy atom. The van der Waals surface area contributed by atoms with Crippen molar-refractivity contribution in [2.75, 3.05) is 19.0 Å². The van der Waals surface area contributed by atoms with E-state index in [1.54, 1.807) is 6.07 Å². The average molecular weight is 564 g/mol. The number of hydrogen-bond acceptors (Lipinski definition) is 4. The van der Waals surface area contributed by atoms with Crippen LogP contribution in [0.1, 0.15) is 25.0 Å². The van der Waals surface area contributed by atoms with Crippen LogP contribution in [0.4, 0.5) is 11.4 Å².